The molecule has 0 aliphatic carbocycles. The van der Waals surface area contributed by atoms with Crippen LogP contribution in [0.1, 0.15) is 6.42 Å². The maximum absolute atomic E-state index is 12.0. The minimum Gasteiger partial charge on any atom is -0.343 e. The van der Waals surface area contributed by atoms with Gasteiger partial charge in [0.25, 0.3) is 0 Å². The van der Waals surface area contributed by atoms with Crippen LogP contribution in [0.15, 0.2) is 0 Å². The molecule has 2 atom stereocenters. The highest BCUT2D eigenvalue weighted by Crippen LogP contribution is 2.36. The molecule has 0 aromatic rings. The minimum absolute atomic E-state index is 0.0524. The summed E-state index contributed by atoms with van der Waals surface area (Å²) in [6, 6.07) is 0. The fraction of sp³-hybridized carbons (Fsp3) is 1.00. The topological polar surface area (TPSA) is 24.6 Å². The van der Waals surface area contributed by atoms with Crippen LogP contribution >= 0.6 is 10.9 Å². The lowest BCUT2D eigenvalue weighted by atomic mass is 10.4. The minimum atomic E-state index is -4.21. The SMILES string of the molecule is C[SH](C)CCCNC1OC1C(F)(F)F. The van der Waals surface area contributed by atoms with Crippen LogP contribution in [0.2, 0.25) is 0 Å². The van der Waals surface area contributed by atoms with Gasteiger partial charge in [-0.25, -0.2) is 0 Å². The van der Waals surface area contributed by atoms with E-state index < -0.39 is 18.5 Å². The Kier molecular flexibility index (Phi) is 4.09. The molecule has 1 aliphatic rings. The van der Waals surface area contributed by atoms with E-state index >= 15 is 0 Å². The number of thiol groups is 1. The van der Waals surface area contributed by atoms with Gasteiger partial charge in [0.05, 0.1) is 0 Å². The Bertz CT molecular complexity index is 186. The van der Waals surface area contributed by atoms with Gasteiger partial charge in [0.15, 0.2) is 6.10 Å². The summed E-state index contributed by atoms with van der Waals surface area (Å²) >= 11 is 0. The van der Waals surface area contributed by atoms with Crippen LogP contribution in [-0.2, 0) is 4.74 Å². The van der Waals surface area contributed by atoms with Crippen molar-refractivity contribution in [1.82, 2.24) is 5.32 Å². The molecule has 2 nitrogen and oxygen atoms in total. The zero-order chi connectivity index (χ0) is 10.8. The Hall–Kier alpha value is 0.0600. The van der Waals surface area contributed by atoms with E-state index in [9.17, 15) is 13.2 Å². The maximum atomic E-state index is 12.0. The van der Waals surface area contributed by atoms with E-state index in [1.165, 1.54) is 0 Å². The number of halogens is 3. The van der Waals surface area contributed by atoms with Crippen molar-refractivity contribution >= 4 is 10.9 Å². The van der Waals surface area contributed by atoms with Crippen LogP contribution < -0.4 is 5.32 Å². The first kappa shape index (κ1) is 12.1. The summed E-state index contributed by atoms with van der Waals surface area (Å²) in [5.74, 6) is 1.09. The van der Waals surface area contributed by atoms with Crippen molar-refractivity contribution in [2.24, 2.45) is 0 Å². The van der Waals surface area contributed by atoms with Crippen LogP contribution in [-0.4, -0.2) is 43.3 Å². The van der Waals surface area contributed by atoms with Crippen molar-refractivity contribution in [3.8, 4) is 0 Å². The predicted molar refractivity (Wildman–Crippen MR) is 53.0 cm³/mol. The molecule has 6 heteroatoms. The monoisotopic (exact) mass is 231 g/mol. The molecule has 0 saturated carbocycles. The summed E-state index contributed by atoms with van der Waals surface area (Å²) in [4.78, 5) is 0. The van der Waals surface area contributed by atoms with Crippen LogP contribution in [0.25, 0.3) is 0 Å². The van der Waals surface area contributed by atoms with E-state index in [0.717, 1.165) is 12.2 Å². The first-order chi connectivity index (χ1) is 6.41. The lowest BCUT2D eigenvalue weighted by Crippen LogP contribution is -2.28. The smallest absolute Gasteiger partial charge is 0.343 e. The quantitative estimate of drug-likeness (QED) is 0.426. The zero-order valence-electron chi connectivity index (χ0n) is 8.27. The Morgan fingerprint density at radius 3 is 2.43 bits per heavy atom. The molecular weight excluding hydrogens is 215 g/mol. The number of alkyl halides is 3. The molecule has 0 aromatic heterocycles. The second kappa shape index (κ2) is 4.72. The summed E-state index contributed by atoms with van der Waals surface area (Å²) in [6.45, 7) is 0.609. The highest BCUT2D eigenvalue weighted by atomic mass is 32.2. The second-order valence-corrected chi connectivity index (χ2v) is 6.24. The molecule has 1 heterocycles. The van der Waals surface area contributed by atoms with Crippen LogP contribution in [0.3, 0.4) is 0 Å². The first-order valence-electron chi connectivity index (χ1n) is 4.51. The molecule has 86 valence electrons. The van der Waals surface area contributed by atoms with E-state index in [1.807, 2.05) is 0 Å². The number of nitrogens with one attached hydrogen (secondary N) is 1. The van der Waals surface area contributed by atoms with Crippen molar-refractivity contribution in [2.75, 3.05) is 24.8 Å². The average Bonchev–Trinajstić information content (AvgIpc) is 2.75. The van der Waals surface area contributed by atoms with Gasteiger partial charge in [-0.1, -0.05) is 0 Å². The van der Waals surface area contributed by atoms with Crippen molar-refractivity contribution in [1.29, 1.82) is 0 Å². The summed E-state index contributed by atoms with van der Waals surface area (Å²) in [6.07, 6.45) is -1.35. The molecule has 0 amide bonds. The summed E-state index contributed by atoms with van der Waals surface area (Å²) in [7, 11) is 0.0524. The lowest BCUT2D eigenvalue weighted by molar-refractivity contribution is -0.146. The summed E-state index contributed by atoms with van der Waals surface area (Å²) < 4.78 is 40.4. The van der Waals surface area contributed by atoms with Gasteiger partial charge in [-0.2, -0.15) is 13.2 Å². The normalized spacial score (nSPS) is 27.6. The largest absolute Gasteiger partial charge is 0.418 e. The van der Waals surface area contributed by atoms with Crippen molar-refractivity contribution in [3.05, 3.63) is 0 Å². The zero-order valence-corrected chi connectivity index (χ0v) is 9.16. The van der Waals surface area contributed by atoms with Crippen molar-refractivity contribution < 1.29 is 17.9 Å². The Morgan fingerprint density at radius 1 is 1.36 bits per heavy atom. The van der Waals surface area contributed by atoms with Crippen LogP contribution in [0.5, 0.6) is 0 Å². The van der Waals surface area contributed by atoms with Gasteiger partial charge in [-0.05, 0) is 31.2 Å². The number of rotatable bonds is 5. The number of hydrogen-bond acceptors (Lipinski definition) is 2. The van der Waals surface area contributed by atoms with Gasteiger partial charge in [-0.15, -0.1) is 0 Å². The third kappa shape index (κ3) is 4.06. The van der Waals surface area contributed by atoms with Crippen LogP contribution in [0, 0.1) is 0 Å². The Balaban J connectivity index is 2.01. The number of hydrogen-bond donors (Lipinski definition) is 2. The number of ether oxygens (including phenoxy) is 1. The van der Waals surface area contributed by atoms with E-state index in [4.69, 9.17) is 0 Å². The molecule has 14 heavy (non-hydrogen) atoms. The fourth-order valence-electron chi connectivity index (χ4n) is 1.16. The fourth-order valence-corrected chi connectivity index (χ4v) is 1.95. The average molecular weight is 231 g/mol. The molecule has 1 rings (SSSR count). The van der Waals surface area contributed by atoms with Gasteiger partial charge in [0.1, 0.15) is 6.23 Å². The molecule has 0 spiro atoms. The summed E-state index contributed by atoms with van der Waals surface area (Å²) in [5.41, 5.74) is 0. The standard InChI is InChI=1S/C8H16F3NOS/c1-14(2)5-3-4-12-7-6(13-7)8(9,10)11/h6-7,12,14H,3-5H2,1-2H3. The van der Waals surface area contributed by atoms with Gasteiger partial charge in [0, 0.05) is 0 Å². The maximum Gasteiger partial charge on any atom is 0.418 e. The molecule has 1 saturated heterocycles. The van der Waals surface area contributed by atoms with E-state index in [1.54, 1.807) is 0 Å². The van der Waals surface area contributed by atoms with Gasteiger partial charge in [0.2, 0.25) is 0 Å². The van der Waals surface area contributed by atoms with Crippen molar-refractivity contribution in [2.45, 2.75) is 24.9 Å². The third-order valence-corrected chi connectivity index (χ3v) is 3.15. The van der Waals surface area contributed by atoms with Gasteiger partial charge >= 0.3 is 6.18 Å². The number of epoxide rings is 1. The van der Waals surface area contributed by atoms with Gasteiger partial charge < -0.3 is 4.74 Å². The van der Waals surface area contributed by atoms with E-state index in [-0.39, 0.29) is 10.9 Å². The van der Waals surface area contributed by atoms with Crippen molar-refractivity contribution in [3.63, 3.8) is 0 Å². The van der Waals surface area contributed by atoms with Crippen LogP contribution in [0.4, 0.5) is 13.2 Å². The molecule has 2 unspecified atom stereocenters. The highest BCUT2D eigenvalue weighted by molar-refractivity contribution is 8.15. The first-order valence-corrected chi connectivity index (χ1v) is 6.93. The summed E-state index contributed by atoms with van der Waals surface area (Å²) in [5, 5.41) is 2.74. The molecule has 0 bridgehead atoms. The third-order valence-electron chi connectivity index (χ3n) is 1.94. The lowest BCUT2D eigenvalue weighted by Gasteiger charge is -2.08. The Morgan fingerprint density at radius 2 is 2.00 bits per heavy atom. The van der Waals surface area contributed by atoms with E-state index in [0.29, 0.717) is 6.54 Å². The molecule has 0 aromatic carbocycles. The molecule has 1 N–H and O–H groups in total. The highest BCUT2D eigenvalue weighted by Gasteiger charge is 2.57. The van der Waals surface area contributed by atoms with E-state index in [2.05, 4.69) is 22.6 Å². The predicted octanol–water partition coefficient (Wildman–Crippen LogP) is 1.51. The molecule has 0 radical (unpaired) electrons. The molecule has 1 aliphatic heterocycles. The van der Waals surface area contributed by atoms with Gasteiger partial charge in [-0.3, -0.25) is 16.2 Å². The molecular formula is C8H16F3NOS. The Labute approximate surface area is 84.5 Å². The molecule has 1 fully saturated rings. The second-order valence-electron chi connectivity index (χ2n) is 3.63.